The van der Waals surface area contributed by atoms with E-state index in [0.29, 0.717) is 15.1 Å². The summed E-state index contributed by atoms with van der Waals surface area (Å²) in [5, 5.41) is 1.74. The quantitative estimate of drug-likeness (QED) is 0.588. The Labute approximate surface area is 148 Å². The molecule has 2 atom stereocenters. The van der Waals surface area contributed by atoms with Gasteiger partial charge in [0.05, 0.1) is 6.33 Å². The fourth-order valence-electron chi connectivity index (χ4n) is 2.91. The summed E-state index contributed by atoms with van der Waals surface area (Å²) < 4.78 is 8.03. The molecular weight excluding hydrogens is 355 g/mol. The molecule has 2 unspecified atom stereocenters. The van der Waals surface area contributed by atoms with Crippen molar-refractivity contribution in [2.75, 3.05) is 0 Å². The van der Waals surface area contributed by atoms with Crippen LogP contribution in [-0.4, -0.2) is 9.55 Å². The van der Waals surface area contributed by atoms with Crippen LogP contribution in [0.25, 0.3) is 0 Å². The Morgan fingerprint density at radius 3 is 2.48 bits per heavy atom. The van der Waals surface area contributed by atoms with Gasteiger partial charge in [0.1, 0.15) is 0 Å². The topological polar surface area (TPSA) is 30.4 Å². The Kier molecular flexibility index (Phi) is 3.62. The highest BCUT2D eigenvalue weighted by Gasteiger charge is 2.62. The van der Waals surface area contributed by atoms with Gasteiger partial charge in [-0.05, 0) is 18.2 Å². The van der Waals surface area contributed by atoms with E-state index < -0.39 is 5.60 Å². The van der Waals surface area contributed by atoms with Gasteiger partial charge in [-0.15, -0.1) is 0 Å². The van der Waals surface area contributed by atoms with E-state index in [0.717, 1.165) is 11.1 Å². The molecule has 0 amide bonds. The predicted octanol–water partition coefficient (Wildman–Crippen LogP) is 5.32. The van der Waals surface area contributed by atoms with Crippen LogP contribution in [0.4, 0.5) is 0 Å². The van der Waals surface area contributed by atoms with Crippen molar-refractivity contribution in [3.05, 3.63) is 87.4 Å². The number of epoxide rings is 1. The number of aromatic nitrogens is 2. The number of ether oxygens (including phenoxy) is 1. The van der Waals surface area contributed by atoms with Gasteiger partial charge in [-0.1, -0.05) is 59.1 Å². The van der Waals surface area contributed by atoms with Crippen LogP contribution in [0.5, 0.6) is 0 Å². The third-order valence-electron chi connectivity index (χ3n) is 3.99. The zero-order valence-electron chi connectivity index (χ0n) is 11.8. The molecule has 0 radical (unpaired) electrons. The number of benzene rings is 2. The van der Waals surface area contributed by atoms with E-state index in [1.165, 1.54) is 0 Å². The molecule has 1 aliphatic heterocycles. The van der Waals surface area contributed by atoms with Crippen LogP contribution in [0.3, 0.4) is 0 Å². The highest BCUT2D eigenvalue weighted by Crippen LogP contribution is 2.61. The average molecular weight is 366 g/mol. The summed E-state index contributed by atoms with van der Waals surface area (Å²) in [5.74, 6) is 0. The van der Waals surface area contributed by atoms with Crippen molar-refractivity contribution in [2.24, 2.45) is 0 Å². The van der Waals surface area contributed by atoms with E-state index in [-0.39, 0.29) is 6.23 Å². The van der Waals surface area contributed by atoms with Crippen molar-refractivity contribution in [3.8, 4) is 0 Å². The highest BCUT2D eigenvalue weighted by molar-refractivity contribution is 6.35. The highest BCUT2D eigenvalue weighted by atomic mass is 35.5. The van der Waals surface area contributed by atoms with Gasteiger partial charge in [-0.3, -0.25) is 0 Å². The standard InChI is InChI=1S/C17H11Cl3N2O/c18-11-5-6-13(15(20)9-11)17(12-3-1-2-4-14(12)19)16(23-17)22-8-7-21-10-22/h1-10,16H. The Balaban J connectivity index is 1.91. The normalized spacial score (nSPS) is 23.0. The van der Waals surface area contributed by atoms with Crippen LogP contribution in [0.1, 0.15) is 17.4 Å². The van der Waals surface area contributed by atoms with E-state index >= 15 is 0 Å². The summed E-state index contributed by atoms with van der Waals surface area (Å²) in [6.07, 6.45) is 5.02. The molecule has 3 aromatic rings. The first-order valence-corrected chi connectivity index (χ1v) is 8.12. The molecule has 0 N–H and O–H groups in total. The van der Waals surface area contributed by atoms with Crippen molar-refractivity contribution in [1.82, 2.24) is 9.55 Å². The Bertz CT molecular complexity index is 866. The molecule has 1 aromatic heterocycles. The minimum absolute atomic E-state index is 0.261. The van der Waals surface area contributed by atoms with E-state index in [2.05, 4.69) is 4.98 Å². The molecule has 4 rings (SSSR count). The first-order valence-electron chi connectivity index (χ1n) is 6.99. The van der Waals surface area contributed by atoms with E-state index in [1.807, 2.05) is 41.1 Å². The molecule has 1 aliphatic rings. The van der Waals surface area contributed by atoms with Crippen LogP contribution in [0, 0.1) is 0 Å². The third kappa shape index (κ3) is 2.36. The second kappa shape index (κ2) is 5.53. The van der Waals surface area contributed by atoms with Crippen LogP contribution in [-0.2, 0) is 10.3 Å². The largest absolute Gasteiger partial charge is 0.333 e. The zero-order chi connectivity index (χ0) is 16.0. The monoisotopic (exact) mass is 364 g/mol. The second-order valence-corrected chi connectivity index (χ2v) is 6.57. The molecule has 1 fully saturated rings. The van der Waals surface area contributed by atoms with Crippen molar-refractivity contribution in [1.29, 1.82) is 0 Å². The fraction of sp³-hybridized carbons (Fsp3) is 0.118. The molecule has 2 heterocycles. The minimum Gasteiger partial charge on any atom is -0.333 e. The lowest BCUT2D eigenvalue weighted by Crippen LogP contribution is -2.15. The smallest absolute Gasteiger partial charge is 0.174 e. The summed E-state index contributed by atoms with van der Waals surface area (Å²) >= 11 is 18.9. The Morgan fingerprint density at radius 2 is 1.78 bits per heavy atom. The van der Waals surface area contributed by atoms with Crippen molar-refractivity contribution < 1.29 is 4.74 Å². The summed E-state index contributed by atoms with van der Waals surface area (Å²) in [4.78, 5) is 4.09. The molecule has 6 heteroatoms. The molecule has 116 valence electrons. The zero-order valence-corrected chi connectivity index (χ0v) is 14.1. The average Bonchev–Trinajstić information content (AvgIpc) is 3.03. The van der Waals surface area contributed by atoms with Gasteiger partial charge in [0.2, 0.25) is 0 Å². The third-order valence-corrected chi connectivity index (χ3v) is 4.87. The van der Waals surface area contributed by atoms with Crippen LogP contribution >= 0.6 is 34.8 Å². The minimum atomic E-state index is -0.749. The number of imidazole rings is 1. The molecule has 3 nitrogen and oxygen atoms in total. The maximum atomic E-state index is 6.45. The molecule has 2 aromatic carbocycles. The summed E-state index contributed by atoms with van der Waals surface area (Å²) in [6, 6.07) is 13.0. The molecule has 0 aliphatic carbocycles. The molecule has 0 spiro atoms. The first-order chi connectivity index (χ1) is 11.1. The molecule has 0 saturated carbocycles. The molecular formula is C17H11Cl3N2O. The Hall–Kier alpha value is -1.52. The fourth-order valence-corrected chi connectivity index (χ4v) is 3.74. The maximum Gasteiger partial charge on any atom is 0.174 e. The number of rotatable bonds is 3. The lowest BCUT2D eigenvalue weighted by molar-refractivity contribution is 0.304. The van der Waals surface area contributed by atoms with E-state index in [1.54, 1.807) is 24.7 Å². The number of nitrogens with zero attached hydrogens (tertiary/aromatic N) is 2. The predicted molar refractivity (Wildman–Crippen MR) is 91.0 cm³/mol. The van der Waals surface area contributed by atoms with E-state index in [9.17, 15) is 0 Å². The first kappa shape index (κ1) is 15.0. The van der Waals surface area contributed by atoms with Gasteiger partial charge in [0.25, 0.3) is 0 Å². The van der Waals surface area contributed by atoms with Crippen molar-refractivity contribution in [2.45, 2.75) is 11.8 Å². The van der Waals surface area contributed by atoms with Gasteiger partial charge in [-0.25, -0.2) is 4.98 Å². The van der Waals surface area contributed by atoms with Gasteiger partial charge < -0.3 is 9.30 Å². The summed E-state index contributed by atoms with van der Waals surface area (Å²) in [6.45, 7) is 0. The summed E-state index contributed by atoms with van der Waals surface area (Å²) in [5.41, 5.74) is 0.945. The van der Waals surface area contributed by atoms with Crippen LogP contribution in [0.15, 0.2) is 61.2 Å². The van der Waals surface area contributed by atoms with Gasteiger partial charge in [0.15, 0.2) is 11.8 Å². The lowest BCUT2D eigenvalue weighted by Gasteiger charge is -2.17. The van der Waals surface area contributed by atoms with Crippen molar-refractivity contribution in [3.63, 3.8) is 0 Å². The maximum absolute atomic E-state index is 6.45. The summed E-state index contributed by atoms with van der Waals surface area (Å²) in [7, 11) is 0. The van der Waals surface area contributed by atoms with Gasteiger partial charge in [0, 0.05) is 38.6 Å². The number of hydrogen-bond acceptors (Lipinski definition) is 2. The van der Waals surface area contributed by atoms with Crippen molar-refractivity contribution >= 4 is 34.8 Å². The number of hydrogen-bond donors (Lipinski definition) is 0. The Morgan fingerprint density at radius 1 is 1.00 bits per heavy atom. The van der Waals surface area contributed by atoms with Crippen LogP contribution < -0.4 is 0 Å². The lowest BCUT2D eigenvalue weighted by atomic mass is 9.90. The number of halogens is 3. The van der Waals surface area contributed by atoms with Crippen LogP contribution in [0.2, 0.25) is 15.1 Å². The van der Waals surface area contributed by atoms with E-state index in [4.69, 9.17) is 39.5 Å². The SMILES string of the molecule is Clc1ccc(C2(c3ccccc3Cl)OC2n2ccnc2)c(Cl)c1. The molecule has 0 bridgehead atoms. The molecule has 1 saturated heterocycles. The van der Waals surface area contributed by atoms with Gasteiger partial charge >= 0.3 is 0 Å². The second-order valence-electron chi connectivity index (χ2n) is 5.32. The molecule has 23 heavy (non-hydrogen) atoms. The van der Waals surface area contributed by atoms with Gasteiger partial charge in [-0.2, -0.15) is 0 Å².